The van der Waals surface area contributed by atoms with E-state index in [1.54, 1.807) is 25.1 Å². The highest BCUT2D eigenvalue weighted by Crippen LogP contribution is 2.20. The van der Waals surface area contributed by atoms with Crippen LogP contribution in [0.3, 0.4) is 0 Å². The van der Waals surface area contributed by atoms with Gasteiger partial charge < -0.3 is 19.7 Å². The van der Waals surface area contributed by atoms with Crippen molar-refractivity contribution in [2.45, 2.75) is 19.4 Å². The molecule has 1 aliphatic heterocycles. The molecule has 1 aromatic carbocycles. The monoisotopic (exact) mass is 386 g/mol. The van der Waals surface area contributed by atoms with Crippen LogP contribution in [-0.4, -0.2) is 67.1 Å². The lowest BCUT2D eigenvalue weighted by Crippen LogP contribution is -2.51. The summed E-state index contributed by atoms with van der Waals surface area (Å²) in [4.78, 5) is 22.2. The Kier molecular flexibility index (Phi) is 6.46. The maximum Gasteiger partial charge on any atom is 0.137 e. The molecule has 0 bridgehead atoms. The van der Waals surface area contributed by atoms with E-state index in [0.29, 0.717) is 18.5 Å². The fourth-order valence-electron chi connectivity index (χ4n) is 3.46. The first kappa shape index (κ1) is 20.1. The molecule has 1 aromatic heterocycles. The third-order valence-electron chi connectivity index (χ3n) is 5.35. The fourth-order valence-corrected chi connectivity index (χ4v) is 3.46. The maximum absolute atomic E-state index is 13.8. The van der Waals surface area contributed by atoms with Gasteiger partial charge in [-0.05, 0) is 43.2 Å². The van der Waals surface area contributed by atoms with E-state index in [-0.39, 0.29) is 17.6 Å². The van der Waals surface area contributed by atoms with Crippen LogP contribution < -0.4 is 9.80 Å². The number of piperazine rings is 1. The van der Waals surface area contributed by atoms with Gasteiger partial charge in [0.15, 0.2) is 0 Å². The van der Waals surface area contributed by atoms with Crippen molar-refractivity contribution in [1.82, 2.24) is 9.88 Å². The zero-order valence-corrected chi connectivity index (χ0v) is 16.4. The van der Waals surface area contributed by atoms with Crippen LogP contribution >= 0.6 is 0 Å². The third kappa shape index (κ3) is 4.78. The van der Waals surface area contributed by atoms with Gasteiger partial charge in [0.25, 0.3) is 0 Å². The minimum absolute atomic E-state index is 0.154. The summed E-state index contributed by atoms with van der Waals surface area (Å²) >= 11 is 0. The average molecular weight is 386 g/mol. The largest absolute Gasteiger partial charge is 0.506 e. The third-order valence-corrected chi connectivity index (χ3v) is 5.35. The van der Waals surface area contributed by atoms with Crippen molar-refractivity contribution in [2.75, 3.05) is 49.6 Å². The van der Waals surface area contributed by atoms with Crippen LogP contribution in [0.25, 0.3) is 0 Å². The molecule has 0 radical (unpaired) electrons. The number of halogens is 1. The van der Waals surface area contributed by atoms with E-state index in [2.05, 4.69) is 14.8 Å². The number of pyridine rings is 1. The van der Waals surface area contributed by atoms with Crippen LogP contribution in [-0.2, 0) is 4.79 Å². The van der Waals surface area contributed by atoms with E-state index in [9.17, 15) is 14.3 Å². The van der Waals surface area contributed by atoms with Gasteiger partial charge in [-0.15, -0.1) is 0 Å². The number of carbonyl (C=O) groups excluding carboxylic acids is 1. The predicted octanol–water partition coefficient (Wildman–Crippen LogP) is 2.45. The molecule has 0 aliphatic carbocycles. The lowest BCUT2D eigenvalue weighted by Gasteiger charge is -2.38. The van der Waals surface area contributed by atoms with Crippen molar-refractivity contribution in [3.63, 3.8) is 0 Å². The minimum atomic E-state index is -0.213. The summed E-state index contributed by atoms with van der Waals surface area (Å²) in [5.74, 6) is 0.775. The topological polar surface area (TPSA) is 59.9 Å². The second-order valence-electron chi connectivity index (χ2n) is 7.24. The van der Waals surface area contributed by atoms with E-state index in [1.807, 2.05) is 18.0 Å². The second kappa shape index (κ2) is 9.01. The number of anilines is 2. The molecule has 1 atom stereocenters. The maximum atomic E-state index is 13.8. The zero-order valence-electron chi connectivity index (χ0n) is 16.4. The molecule has 3 rings (SSSR count). The number of hydrogen-bond acceptors (Lipinski definition) is 6. The Labute approximate surface area is 165 Å². The van der Waals surface area contributed by atoms with E-state index in [1.165, 1.54) is 12.3 Å². The summed E-state index contributed by atoms with van der Waals surface area (Å²) in [5, 5.41) is 9.36. The molecule has 1 unspecified atom stereocenters. The first-order valence-corrected chi connectivity index (χ1v) is 9.54. The Bertz CT molecular complexity index is 791. The van der Waals surface area contributed by atoms with Crippen LogP contribution in [0, 0.1) is 12.7 Å². The van der Waals surface area contributed by atoms with Crippen molar-refractivity contribution in [2.24, 2.45) is 0 Å². The molecule has 0 spiro atoms. The first-order chi connectivity index (χ1) is 13.5. The number of hydrogen-bond donors (Lipinski definition) is 1. The Balaban J connectivity index is 1.52. The number of aromatic hydroxyl groups is 1. The molecule has 1 aliphatic rings. The van der Waals surface area contributed by atoms with Gasteiger partial charge >= 0.3 is 0 Å². The molecule has 2 aromatic rings. The molecular weight excluding hydrogens is 359 g/mol. The van der Waals surface area contributed by atoms with Gasteiger partial charge in [0.1, 0.15) is 23.7 Å². The van der Waals surface area contributed by atoms with Crippen LogP contribution in [0.2, 0.25) is 0 Å². The van der Waals surface area contributed by atoms with Crippen LogP contribution in [0.1, 0.15) is 12.0 Å². The summed E-state index contributed by atoms with van der Waals surface area (Å²) in [6.07, 6.45) is 3.14. The van der Waals surface area contributed by atoms with Gasteiger partial charge in [-0.3, -0.25) is 4.90 Å². The average Bonchev–Trinajstić information content (AvgIpc) is 2.71. The molecule has 1 fully saturated rings. The van der Waals surface area contributed by atoms with E-state index < -0.39 is 0 Å². The van der Waals surface area contributed by atoms with Crippen LogP contribution in [0.5, 0.6) is 5.75 Å². The Morgan fingerprint density at radius 1 is 1.25 bits per heavy atom. The molecule has 0 amide bonds. The Morgan fingerprint density at radius 3 is 2.61 bits per heavy atom. The molecule has 6 nitrogen and oxygen atoms in total. The number of carbonyl (C=O) groups is 1. The fraction of sp³-hybridized carbons (Fsp3) is 0.429. The standard InChI is InChI=1S/C21H27FN4O2/c1-16-3-4-17(13-20(16)22)24(2)8-7-18(15-27)25-9-11-26(12-10-25)21-6-5-19(28)14-23-21/h3-6,13-15,18,28H,7-12H2,1-2H3. The Morgan fingerprint density at radius 2 is 2.00 bits per heavy atom. The quantitative estimate of drug-likeness (QED) is 0.738. The summed E-state index contributed by atoms with van der Waals surface area (Å²) in [5.41, 5.74) is 1.44. The number of benzene rings is 1. The lowest BCUT2D eigenvalue weighted by atomic mass is 10.1. The summed E-state index contributed by atoms with van der Waals surface area (Å²) in [6.45, 7) is 5.52. The predicted molar refractivity (Wildman–Crippen MR) is 109 cm³/mol. The van der Waals surface area contributed by atoms with Gasteiger partial charge in [0, 0.05) is 45.5 Å². The molecule has 0 saturated carbocycles. The van der Waals surface area contributed by atoms with E-state index >= 15 is 0 Å². The molecule has 28 heavy (non-hydrogen) atoms. The number of aldehydes is 1. The van der Waals surface area contributed by atoms with E-state index in [4.69, 9.17) is 0 Å². The van der Waals surface area contributed by atoms with Gasteiger partial charge in [-0.2, -0.15) is 0 Å². The van der Waals surface area contributed by atoms with Gasteiger partial charge in [-0.1, -0.05) is 6.07 Å². The highest BCUT2D eigenvalue weighted by Gasteiger charge is 2.24. The molecule has 7 heteroatoms. The number of aromatic nitrogens is 1. The molecule has 150 valence electrons. The highest BCUT2D eigenvalue weighted by molar-refractivity contribution is 5.58. The van der Waals surface area contributed by atoms with E-state index in [0.717, 1.165) is 44.0 Å². The molecule has 1 saturated heterocycles. The highest BCUT2D eigenvalue weighted by atomic mass is 19.1. The van der Waals surface area contributed by atoms with Crippen molar-refractivity contribution < 1.29 is 14.3 Å². The second-order valence-corrected chi connectivity index (χ2v) is 7.24. The molecule has 2 heterocycles. The smallest absolute Gasteiger partial charge is 0.137 e. The van der Waals surface area contributed by atoms with Gasteiger partial charge in [-0.25, -0.2) is 9.37 Å². The van der Waals surface area contributed by atoms with Gasteiger partial charge in [0.05, 0.1) is 12.2 Å². The van der Waals surface area contributed by atoms with Gasteiger partial charge in [0.2, 0.25) is 0 Å². The number of aryl methyl sites for hydroxylation is 1. The SMILES string of the molecule is Cc1ccc(N(C)CCC(C=O)N2CCN(c3ccc(O)cn3)CC2)cc1F. The van der Waals surface area contributed by atoms with Crippen LogP contribution in [0.15, 0.2) is 36.5 Å². The van der Waals surface area contributed by atoms with Crippen molar-refractivity contribution in [3.05, 3.63) is 47.9 Å². The van der Waals surface area contributed by atoms with Crippen molar-refractivity contribution >= 4 is 17.8 Å². The van der Waals surface area contributed by atoms with Crippen molar-refractivity contribution in [1.29, 1.82) is 0 Å². The van der Waals surface area contributed by atoms with Crippen LogP contribution in [0.4, 0.5) is 15.9 Å². The molecule has 1 N–H and O–H groups in total. The number of nitrogens with zero attached hydrogens (tertiary/aromatic N) is 4. The molecular formula is C21H27FN4O2. The lowest BCUT2D eigenvalue weighted by molar-refractivity contribution is -0.112. The first-order valence-electron chi connectivity index (χ1n) is 9.54. The number of rotatable bonds is 7. The Hall–Kier alpha value is -2.67. The summed E-state index contributed by atoms with van der Waals surface area (Å²) in [6, 6.07) is 8.49. The van der Waals surface area contributed by atoms with Crippen molar-refractivity contribution in [3.8, 4) is 5.75 Å². The minimum Gasteiger partial charge on any atom is -0.506 e. The summed E-state index contributed by atoms with van der Waals surface area (Å²) < 4.78 is 13.8. The zero-order chi connectivity index (χ0) is 20.1. The normalized spacial score (nSPS) is 16.0. The summed E-state index contributed by atoms with van der Waals surface area (Å²) in [7, 11) is 1.92.